The van der Waals surface area contributed by atoms with E-state index in [9.17, 15) is 13.2 Å². The third kappa shape index (κ3) is 4.18. The van der Waals surface area contributed by atoms with Gasteiger partial charge >= 0.3 is 0 Å². The number of pyridine rings is 2. The number of carbonyl (C=O) groups excluding carboxylic acids is 1. The fourth-order valence-electron chi connectivity index (χ4n) is 3.70. The summed E-state index contributed by atoms with van der Waals surface area (Å²) in [7, 11) is -2.54. The number of aromatic nitrogens is 2. The molecule has 0 saturated heterocycles. The van der Waals surface area contributed by atoms with Crippen molar-refractivity contribution in [2.75, 3.05) is 20.3 Å². The van der Waals surface area contributed by atoms with Crippen LogP contribution < -0.4 is 9.46 Å². The van der Waals surface area contributed by atoms with Gasteiger partial charge in [-0.25, -0.2) is 18.1 Å². The highest BCUT2D eigenvalue weighted by molar-refractivity contribution is 7.90. The molecule has 9 heteroatoms. The molecule has 1 aliphatic carbocycles. The summed E-state index contributed by atoms with van der Waals surface area (Å²) < 4.78 is 39.4. The smallest absolute Gasteiger partial charge is 0.264 e. The molecular weight excluding hydrogens is 430 g/mol. The maximum atomic E-state index is 13.3. The minimum Gasteiger partial charge on any atom is -0.475 e. The van der Waals surface area contributed by atoms with Gasteiger partial charge in [-0.1, -0.05) is 13.0 Å². The molecule has 1 aliphatic rings. The normalized spacial score (nSPS) is 14.8. The predicted molar refractivity (Wildman–Crippen MR) is 119 cm³/mol. The fourth-order valence-corrected chi connectivity index (χ4v) is 4.97. The highest BCUT2D eigenvalue weighted by Crippen LogP contribution is 2.51. The summed E-state index contributed by atoms with van der Waals surface area (Å²) in [5.74, 6) is -0.247. The standard InChI is InChI=1S/C23H25N3O5S/c1-3-16-14-18(21(25-15-16)31-13-12-30-2)23(9-10-23)22(27)26-32(28,29)20-8-4-7-19-17(20)6-5-11-24-19/h4-8,11,14-15H,3,9-10,12-13H2,1-2H3,(H,26,27). The van der Waals surface area contributed by atoms with E-state index in [0.717, 1.165) is 12.0 Å². The molecule has 2 aromatic heterocycles. The minimum atomic E-state index is -4.11. The van der Waals surface area contributed by atoms with Crippen LogP contribution in [0, 0.1) is 0 Å². The molecule has 4 rings (SSSR count). The number of amides is 1. The molecule has 32 heavy (non-hydrogen) atoms. The van der Waals surface area contributed by atoms with Crippen molar-refractivity contribution in [2.24, 2.45) is 0 Å². The number of hydrogen-bond donors (Lipinski definition) is 1. The number of benzene rings is 1. The predicted octanol–water partition coefficient (Wildman–Crippen LogP) is 2.75. The molecule has 0 radical (unpaired) electrons. The number of nitrogens with zero attached hydrogens (tertiary/aromatic N) is 2. The molecule has 168 valence electrons. The van der Waals surface area contributed by atoms with Crippen LogP contribution in [-0.2, 0) is 31.4 Å². The second-order valence-corrected chi connectivity index (χ2v) is 9.38. The lowest BCUT2D eigenvalue weighted by Crippen LogP contribution is -2.39. The summed E-state index contributed by atoms with van der Waals surface area (Å²) in [6, 6.07) is 10.0. The number of hydrogen-bond acceptors (Lipinski definition) is 7. The van der Waals surface area contributed by atoms with Crippen molar-refractivity contribution in [1.82, 2.24) is 14.7 Å². The monoisotopic (exact) mass is 455 g/mol. The van der Waals surface area contributed by atoms with Gasteiger partial charge in [0.1, 0.15) is 6.61 Å². The highest BCUT2D eigenvalue weighted by atomic mass is 32.2. The highest BCUT2D eigenvalue weighted by Gasteiger charge is 2.54. The lowest BCUT2D eigenvalue weighted by atomic mass is 9.94. The molecule has 0 aliphatic heterocycles. The molecule has 2 heterocycles. The third-order valence-corrected chi connectivity index (χ3v) is 7.05. The molecule has 0 bridgehead atoms. The Kier molecular flexibility index (Phi) is 6.12. The van der Waals surface area contributed by atoms with Crippen molar-refractivity contribution in [3.63, 3.8) is 0 Å². The van der Waals surface area contributed by atoms with Crippen LogP contribution in [-0.4, -0.2) is 44.6 Å². The van der Waals surface area contributed by atoms with Gasteiger partial charge in [0.05, 0.1) is 22.4 Å². The number of carbonyl (C=O) groups is 1. The van der Waals surface area contributed by atoms with Gasteiger partial charge in [-0.05, 0) is 55.2 Å². The number of rotatable bonds is 9. The van der Waals surface area contributed by atoms with Gasteiger partial charge < -0.3 is 9.47 Å². The van der Waals surface area contributed by atoms with Crippen LogP contribution >= 0.6 is 0 Å². The zero-order valence-corrected chi connectivity index (χ0v) is 18.8. The zero-order chi connectivity index (χ0) is 22.8. The Morgan fingerprint density at radius 1 is 1.16 bits per heavy atom. The van der Waals surface area contributed by atoms with Crippen molar-refractivity contribution in [2.45, 2.75) is 36.5 Å². The minimum absolute atomic E-state index is 0.0178. The first-order valence-corrected chi connectivity index (χ1v) is 11.9. The van der Waals surface area contributed by atoms with Crippen molar-refractivity contribution in [3.8, 4) is 5.88 Å². The lowest BCUT2D eigenvalue weighted by molar-refractivity contribution is -0.121. The topological polar surface area (TPSA) is 107 Å². The van der Waals surface area contributed by atoms with E-state index in [1.54, 1.807) is 43.8 Å². The van der Waals surface area contributed by atoms with Crippen LogP contribution in [0.1, 0.15) is 30.9 Å². The summed E-state index contributed by atoms with van der Waals surface area (Å²) in [5, 5.41) is 0.457. The molecule has 3 aromatic rings. The van der Waals surface area contributed by atoms with E-state index in [-0.39, 0.29) is 11.5 Å². The fraction of sp³-hybridized carbons (Fsp3) is 0.348. The van der Waals surface area contributed by atoms with E-state index >= 15 is 0 Å². The van der Waals surface area contributed by atoms with Crippen molar-refractivity contribution < 1.29 is 22.7 Å². The summed E-state index contributed by atoms with van der Waals surface area (Å²) in [4.78, 5) is 21.9. The summed E-state index contributed by atoms with van der Waals surface area (Å²) in [6.07, 6.45) is 5.06. The molecule has 8 nitrogen and oxygen atoms in total. The molecule has 1 aromatic carbocycles. The molecule has 0 spiro atoms. The van der Waals surface area contributed by atoms with Gasteiger partial charge in [0, 0.05) is 30.5 Å². The van der Waals surface area contributed by atoms with E-state index in [4.69, 9.17) is 9.47 Å². The quantitative estimate of drug-likeness (QED) is 0.494. The second kappa shape index (κ2) is 8.84. The first kappa shape index (κ1) is 22.2. The van der Waals surface area contributed by atoms with Crippen LogP contribution in [0.2, 0.25) is 0 Å². The van der Waals surface area contributed by atoms with Crippen LogP contribution in [0.3, 0.4) is 0 Å². The first-order chi connectivity index (χ1) is 15.4. The molecule has 1 N–H and O–H groups in total. The molecule has 1 fully saturated rings. The largest absolute Gasteiger partial charge is 0.475 e. The van der Waals surface area contributed by atoms with Crippen LogP contribution in [0.25, 0.3) is 10.9 Å². The third-order valence-electron chi connectivity index (χ3n) is 5.66. The maximum absolute atomic E-state index is 13.3. The van der Waals surface area contributed by atoms with E-state index in [1.807, 2.05) is 13.0 Å². The summed E-state index contributed by atoms with van der Waals surface area (Å²) >= 11 is 0. The SMILES string of the molecule is CCc1cnc(OCCOC)c(C2(C(=O)NS(=O)(=O)c3cccc4ncccc34)CC2)c1. The Morgan fingerprint density at radius 3 is 2.69 bits per heavy atom. The number of nitrogens with one attached hydrogen (secondary N) is 1. The molecule has 0 unspecified atom stereocenters. The van der Waals surface area contributed by atoms with Gasteiger partial charge in [-0.2, -0.15) is 0 Å². The van der Waals surface area contributed by atoms with Gasteiger partial charge in [-0.15, -0.1) is 0 Å². The van der Waals surface area contributed by atoms with Gasteiger partial charge in [0.15, 0.2) is 0 Å². The van der Waals surface area contributed by atoms with Crippen LogP contribution in [0.4, 0.5) is 0 Å². The van der Waals surface area contributed by atoms with E-state index in [2.05, 4.69) is 14.7 Å². The number of sulfonamides is 1. The van der Waals surface area contributed by atoms with E-state index < -0.39 is 21.3 Å². The Bertz CT molecular complexity index is 1250. The number of aryl methyl sites for hydroxylation is 1. The van der Waals surface area contributed by atoms with E-state index in [0.29, 0.717) is 41.8 Å². The molecule has 0 atom stereocenters. The Morgan fingerprint density at radius 2 is 1.97 bits per heavy atom. The number of fused-ring (bicyclic) bond motifs is 1. The Labute approximate surface area is 187 Å². The number of ether oxygens (including phenoxy) is 2. The molecule has 1 amide bonds. The van der Waals surface area contributed by atoms with Crippen molar-refractivity contribution in [1.29, 1.82) is 0 Å². The maximum Gasteiger partial charge on any atom is 0.264 e. The van der Waals surface area contributed by atoms with Gasteiger partial charge in [0.25, 0.3) is 10.0 Å². The van der Waals surface area contributed by atoms with Crippen molar-refractivity contribution >= 4 is 26.8 Å². The Hall–Kier alpha value is -3.04. The Balaban J connectivity index is 1.66. The van der Waals surface area contributed by atoms with Crippen LogP contribution in [0.5, 0.6) is 5.88 Å². The average molecular weight is 456 g/mol. The first-order valence-electron chi connectivity index (χ1n) is 10.4. The van der Waals surface area contributed by atoms with Crippen molar-refractivity contribution in [3.05, 3.63) is 59.9 Å². The zero-order valence-electron chi connectivity index (χ0n) is 18.0. The van der Waals surface area contributed by atoms with Crippen LogP contribution in [0.15, 0.2) is 53.7 Å². The summed E-state index contributed by atoms with van der Waals surface area (Å²) in [5.41, 5.74) is 1.11. The second-order valence-electron chi connectivity index (χ2n) is 7.73. The molecular formula is C23H25N3O5S. The van der Waals surface area contributed by atoms with Gasteiger partial charge in [0.2, 0.25) is 11.8 Å². The van der Waals surface area contributed by atoms with E-state index in [1.165, 1.54) is 6.07 Å². The lowest BCUT2D eigenvalue weighted by Gasteiger charge is -2.20. The molecule has 1 saturated carbocycles. The van der Waals surface area contributed by atoms with Gasteiger partial charge in [-0.3, -0.25) is 9.78 Å². The number of methoxy groups -OCH3 is 1. The summed E-state index contributed by atoms with van der Waals surface area (Å²) in [6.45, 7) is 2.64. The average Bonchev–Trinajstić information content (AvgIpc) is 3.61.